The van der Waals surface area contributed by atoms with Gasteiger partial charge in [-0.2, -0.15) is 0 Å². The Kier molecular flexibility index (Phi) is 4.73. The normalized spacial score (nSPS) is 7.62. The predicted octanol–water partition coefficient (Wildman–Crippen LogP) is 1.68. The lowest BCUT2D eigenvalue weighted by atomic mass is 11.1. The van der Waals surface area contributed by atoms with Crippen LogP contribution >= 0.6 is 22.6 Å². The molecule has 8 heavy (non-hydrogen) atoms. The molecular weight excluding hydrogens is 223 g/mol. The highest BCUT2D eigenvalue weighted by Gasteiger charge is 1.95. The van der Waals surface area contributed by atoms with E-state index in [-0.39, 0.29) is 0 Å². The molecule has 46 valence electrons. The van der Waals surface area contributed by atoms with Gasteiger partial charge in [0, 0.05) is 0 Å². The fourth-order valence-electron chi connectivity index (χ4n) is 0.147. The van der Waals surface area contributed by atoms with Gasteiger partial charge in [0.25, 0.3) is 0 Å². The number of hydrogen-bond acceptors (Lipinski definition) is 3. The van der Waals surface area contributed by atoms with Gasteiger partial charge in [0.15, 0.2) is 0 Å². The van der Waals surface area contributed by atoms with Crippen molar-refractivity contribution in [3.63, 3.8) is 0 Å². The van der Waals surface area contributed by atoms with Crippen LogP contribution in [0.1, 0.15) is 0 Å². The molecule has 0 fully saturated rings. The van der Waals surface area contributed by atoms with Gasteiger partial charge in [-0.1, -0.05) is 6.58 Å². The second-order valence-corrected chi connectivity index (χ2v) is 1.41. The van der Waals surface area contributed by atoms with Gasteiger partial charge >= 0.3 is 6.16 Å². The minimum Gasteiger partial charge on any atom is -0.423 e. The second kappa shape index (κ2) is 4.89. The topological polar surface area (TPSA) is 35.5 Å². The van der Waals surface area contributed by atoms with Crippen molar-refractivity contribution >= 4 is 28.7 Å². The van der Waals surface area contributed by atoms with Crippen LogP contribution < -0.4 is 0 Å². The fraction of sp³-hybridized carbons (Fsp3) is 0.250. The molecule has 0 saturated heterocycles. The van der Waals surface area contributed by atoms with Gasteiger partial charge in [-0.3, -0.25) is 0 Å². The highest BCUT2D eigenvalue weighted by molar-refractivity contribution is 14.1. The Bertz CT molecular complexity index is 91.3. The van der Waals surface area contributed by atoms with E-state index < -0.39 is 6.16 Å². The van der Waals surface area contributed by atoms with Crippen molar-refractivity contribution in [2.45, 2.75) is 0 Å². The zero-order valence-electron chi connectivity index (χ0n) is 4.09. The molecule has 0 aliphatic rings. The number of alkyl halides is 1. The molecule has 3 nitrogen and oxygen atoms in total. The second-order valence-electron chi connectivity index (χ2n) is 0.788. The van der Waals surface area contributed by atoms with Gasteiger partial charge in [-0.05, 0) is 22.6 Å². The van der Waals surface area contributed by atoms with Crippen LogP contribution in [-0.2, 0) is 9.47 Å². The fourth-order valence-corrected chi connectivity index (χ4v) is 0.401. The Balaban J connectivity index is 3.18. The summed E-state index contributed by atoms with van der Waals surface area (Å²) in [4.78, 5) is 10.1. The third-order valence-corrected chi connectivity index (χ3v) is 0.663. The zero-order valence-corrected chi connectivity index (χ0v) is 6.25. The molecule has 0 aromatic carbocycles. The Morgan fingerprint density at radius 1 is 1.88 bits per heavy atom. The molecule has 4 heteroatoms. The lowest BCUT2D eigenvalue weighted by Crippen LogP contribution is -2.00. The van der Waals surface area contributed by atoms with Crippen molar-refractivity contribution in [2.24, 2.45) is 0 Å². The molecule has 0 aliphatic carbocycles. The maximum atomic E-state index is 10.1. The summed E-state index contributed by atoms with van der Waals surface area (Å²) in [5, 5.41) is 0. The largest absolute Gasteiger partial charge is 0.514 e. The summed E-state index contributed by atoms with van der Waals surface area (Å²) in [6, 6.07) is 0. The molecule has 0 heterocycles. The van der Waals surface area contributed by atoms with Crippen LogP contribution in [0.3, 0.4) is 0 Å². The maximum absolute atomic E-state index is 10.1. The highest BCUT2D eigenvalue weighted by atomic mass is 127. The van der Waals surface area contributed by atoms with E-state index in [0.29, 0.717) is 4.61 Å². The van der Waals surface area contributed by atoms with Gasteiger partial charge in [0.1, 0.15) is 4.61 Å². The Morgan fingerprint density at radius 3 is 2.88 bits per heavy atom. The van der Waals surface area contributed by atoms with Gasteiger partial charge in [0.2, 0.25) is 0 Å². The molecule has 0 unspecified atom stereocenters. The summed E-state index contributed by atoms with van der Waals surface area (Å²) in [6.45, 7) is 3.16. The smallest absolute Gasteiger partial charge is 0.423 e. The summed E-state index contributed by atoms with van der Waals surface area (Å²) in [7, 11) is 0. The summed E-state index contributed by atoms with van der Waals surface area (Å²) >= 11 is 1.88. The monoisotopic (exact) mass is 228 g/mol. The van der Waals surface area contributed by atoms with E-state index in [2.05, 4.69) is 16.1 Å². The van der Waals surface area contributed by atoms with E-state index in [4.69, 9.17) is 0 Å². The first kappa shape index (κ1) is 7.74. The van der Waals surface area contributed by atoms with Crippen molar-refractivity contribution in [1.29, 1.82) is 0 Å². The molecule has 0 atom stereocenters. The number of ether oxygens (including phenoxy) is 2. The van der Waals surface area contributed by atoms with Crippen LogP contribution in [0.2, 0.25) is 0 Å². The Morgan fingerprint density at radius 2 is 2.50 bits per heavy atom. The van der Waals surface area contributed by atoms with E-state index in [1.54, 1.807) is 0 Å². The SMILES string of the molecule is C=COC(=O)OCI. The van der Waals surface area contributed by atoms with Crippen LogP contribution in [0.25, 0.3) is 0 Å². The molecule has 0 aromatic rings. The van der Waals surface area contributed by atoms with Crippen molar-refractivity contribution in [1.82, 2.24) is 0 Å². The van der Waals surface area contributed by atoms with E-state index in [9.17, 15) is 4.79 Å². The average Bonchev–Trinajstić information content (AvgIpc) is 1.68. The van der Waals surface area contributed by atoms with Gasteiger partial charge in [0.05, 0.1) is 6.26 Å². The molecule has 0 N–H and O–H groups in total. The van der Waals surface area contributed by atoms with E-state index in [0.717, 1.165) is 6.26 Å². The predicted molar refractivity (Wildman–Crippen MR) is 36.7 cm³/mol. The van der Waals surface area contributed by atoms with Gasteiger partial charge in [-0.25, -0.2) is 4.79 Å². The Hall–Kier alpha value is -0.260. The lowest BCUT2D eigenvalue weighted by Gasteiger charge is -1.94. The standard InChI is InChI=1S/C4H5IO3/c1-2-7-4(6)8-3-5/h2H,1,3H2. The first-order valence-electron chi connectivity index (χ1n) is 1.81. The van der Waals surface area contributed by atoms with Crippen molar-refractivity contribution < 1.29 is 14.3 Å². The first-order valence-corrected chi connectivity index (χ1v) is 3.34. The summed E-state index contributed by atoms with van der Waals surface area (Å²) in [6.07, 6.45) is 0.309. The molecule has 0 spiro atoms. The number of rotatable bonds is 2. The van der Waals surface area contributed by atoms with Crippen molar-refractivity contribution in [3.8, 4) is 0 Å². The average molecular weight is 228 g/mol. The Labute approximate surface area is 60.8 Å². The molecule has 0 aliphatic heterocycles. The molecule has 0 aromatic heterocycles. The number of carbonyl (C=O) groups is 1. The third-order valence-electron chi connectivity index (χ3n) is 0.352. The lowest BCUT2D eigenvalue weighted by molar-refractivity contribution is 0.104. The number of hydrogen-bond donors (Lipinski definition) is 0. The minimum atomic E-state index is -0.714. The van der Waals surface area contributed by atoms with E-state index in [1.807, 2.05) is 22.6 Å². The zero-order chi connectivity index (χ0) is 6.41. The molecular formula is C4H5IO3. The first-order chi connectivity index (χ1) is 3.81. The molecule has 0 radical (unpaired) electrons. The van der Waals surface area contributed by atoms with E-state index in [1.165, 1.54) is 0 Å². The van der Waals surface area contributed by atoms with Crippen LogP contribution in [0, 0.1) is 0 Å². The van der Waals surface area contributed by atoms with Crippen LogP contribution in [0.4, 0.5) is 4.79 Å². The molecule has 0 saturated carbocycles. The van der Waals surface area contributed by atoms with Gasteiger partial charge < -0.3 is 9.47 Å². The molecule has 0 rings (SSSR count). The van der Waals surface area contributed by atoms with Crippen LogP contribution in [0.15, 0.2) is 12.8 Å². The van der Waals surface area contributed by atoms with E-state index >= 15 is 0 Å². The number of halogens is 1. The molecule has 0 amide bonds. The quantitative estimate of drug-likeness (QED) is 0.312. The number of carbonyl (C=O) groups excluding carboxylic acids is 1. The van der Waals surface area contributed by atoms with Gasteiger partial charge in [-0.15, -0.1) is 0 Å². The maximum Gasteiger partial charge on any atom is 0.514 e. The third kappa shape index (κ3) is 3.91. The van der Waals surface area contributed by atoms with Crippen LogP contribution in [-0.4, -0.2) is 10.8 Å². The van der Waals surface area contributed by atoms with Crippen molar-refractivity contribution in [3.05, 3.63) is 12.8 Å². The molecule has 0 bridgehead atoms. The van der Waals surface area contributed by atoms with Crippen LogP contribution in [0.5, 0.6) is 0 Å². The highest BCUT2D eigenvalue weighted by Crippen LogP contribution is 1.88. The summed E-state index contributed by atoms with van der Waals surface area (Å²) in [5.41, 5.74) is 0. The van der Waals surface area contributed by atoms with Crippen molar-refractivity contribution in [2.75, 3.05) is 4.61 Å². The minimum absolute atomic E-state index is 0.296. The summed E-state index contributed by atoms with van der Waals surface area (Å²) < 4.78 is 8.81. The summed E-state index contributed by atoms with van der Waals surface area (Å²) in [5.74, 6) is 0.